The third kappa shape index (κ3) is 5.84. The third-order valence-electron chi connectivity index (χ3n) is 5.98. The van der Waals surface area contributed by atoms with Crippen LogP contribution in [-0.2, 0) is 13.0 Å². The summed E-state index contributed by atoms with van der Waals surface area (Å²) < 4.78 is 8.31. The summed E-state index contributed by atoms with van der Waals surface area (Å²) in [5.41, 5.74) is 6.31. The van der Waals surface area contributed by atoms with Crippen LogP contribution in [0.25, 0.3) is 11.0 Å². The van der Waals surface area contributed by atoms with Gasteiger partial charge in [-0.3, -0.25) is 4.79 Å². The number of hydrogen-bond acceptors (Lipinski definition) is 3. The summed E-state index contributed by atoms with van der Waals surface area (Å²) in [5, 5.41) is 3.05. The number of imidazole rings is 1. The lowest BCUT2D eigenvalue weighted by molar-refractivity contribution is 0.0952. The SMILES string of the molecule is Cc1cc(C)cc(OCCCn2c(CCCNC(=O)c3ccccc3C)nc3ccccc32)c1. The zero-order valence-corrected chi connectivity index (χ0v) is 20.3. The van der Waals surface area contributed by atoms with Crippen molar-refractivity contribution in [2.75, 3.05) is 13.2 Å². The van der Waals surface area contributed by atoms with Gasteiger partial charge in [0, 0.05) is 25.1 Å². The fourth-order valence-corrected chi connectivity index (χ4v) is 4.37. The molecule has 34 heavy (non-hydrogen) atoms. The van der Waals surface area contributed by atoms with Crippen LogP contribution in [0.4, 0.5) is 0 Å². The molecule has 0 saturated carbocycles. The second-order valence-electron chi connectivity index (χ2n) is 8.87. The Bertz CT molecular complexity index is 1260. The highest BCUT2D eigenvalue weighted by molar-refractivity contribution is 5.95. The van der Waals surface area contributed by atoms with E-state index in [0.717, 1.165) is 59.5 Å². The highest BCUT2D eigenvalue weighted by Gasteiger charge is 2.11. The summed E-state index contributed by atoms with van der Waals surface area (Å²) >= 11 is 0. The highest BCUT2D eigenvalue weighted by atomic mass is 16.5. The van der Waals surface area contributed by atoms with Gasteiger partial charge in [-0.15, -0.1) is 0 Å². The third-order valence-corrected chi connectivity index (χ3v) is 5.98. The van der Waals surface area contributed by atoms with Gasteiger partial charge >= 0.3 is 0 Å². The van der Waals surface area contributed by atoms with E-state index in [2.05, 4.69) is 60.1 Å². The first-order valence-electron chi connectivity index (χ1n) is 12.0. The molecule has 1 aromatic heterocycles. The molecule has 176 valence electrons. The smallest absolute Gasteiger partial charge is 0.251 e. The van der Waals surface area contributed by atoms with E-state index in [4.69, 9.17) is 9.72 Å². The van der Waals surface area contributed by atoms with Crippen molar-refractivity contribution in [3.8, 4) is 5.75 Å². The minimum atomic E-state index is -0.0184. The van der Waals surface area contributed by atoms with Gasteiger partial charge in [-0.2, -0.15) is 0 Å². The maximum Gasteiger partial charge on any atom is 0.251 e. The molecule has 0 radical (unpaired) electrons. The topological polar surface area (TPSA) is 56.1 Å². The number of hydrogen-bond donors (Lipinski definition) is 1. The zero-order valence-electron chi connectivity index (χ0n) is 20.3. The molecule has 3 aromatic carbocycles. The molecule has 0 fully saturated rings. The van der Waals surface area contributed by atoms with Crippen molar-refractivity contribution in [2.24, 2.45) is 0 Å². The summed E-state index contributed by atoms with van der Waals surface area (Å²) in [5.74, 6) is 1.96. The van der Waals surface area contributed by atoms with Crippen LogP contribution in [-0.4, -0.2) is 28.6 Å². The van der Waals surface area contributed by atoms with Gasteiger partial charge in [0.05, 0.1) is 17.6 Å². The average molecular weight is 456 g/mol. The lowest BCUT2D eigenvalue weighted by Crippen LogP contribution is -2.25. The first-order chi connectivity index (χ1) is 16.5. The maximum atomic E-state index is 12.5. The molecule has 1 heterocycles. The molecular formula is C29H33N3O2. The predicted octanol–water partition coefficient (Wildman–Crippen LogP) is 5.79. The zero-order chi connectivity index (χ0) is 23.9. The molecular weight excluding hydrogens is 422 g/mol. The molecule has 0 bridgehead atoms. The van der Waals surface area contributed by atoms with E-state index in [0.29, 0.717) is 13.2 Å². The summed E-state index contributed by atoms with van der Waals surface area (Å²) in [7, 11) is 0. The number of ether oxygens (including phenoxy) is 1. The average Bonchev–Trinajstić information content (AvgIpc) is 3.16. The number of aryl methyl sites for hydroxylation is 5. The highest BCUT2D eigenvalue weighted by Crippen LogP contribution is 2.19. The van der Waals surface area contributed by atoms with Crippen molar-refractivity contribution in [2.45, 2.75) is 46.6 Å². The number of fused-ring (bicyclic) bond motifs is 1. The van der Waals surface area contributed by atoms with Crippen molar-refractivity contribution in [3.05, 3.63) is 94.8 Å². The molecule has 1 amide bonds. The number of benzene rings is 3. The second kappa shape index (κ2) is 11.0. The Morgan fingerprint density at radius 1 is 0.941 bits per heavy atom. The number of aromatic nitrogens is 2. The molecule has 0 aliphatic heterocycles. The van der Waals surface area contributed by atoms with Gasteiger partial charge in [-0.25, -0.2) is 4.98 Å². The largest absolute Gasteiger partial charge is 0.494 e. The Kier molecular flexibility index (Phi) is 7.63. The Morgan fingerprint density at radius 2 is 1.68 bits per heavy atom. The van der Waals surface area contributed by atoms with E-state index in [-0.39, 0.29) is 5.91 Å². The van der Waals surface area contributed by atoms with Crippen LogP contribution in [0.15, 0.2) is 66.7 Å². The van der Waals surface area contributed by atoms with E-state index in [9.17, 15) is 4.79 Å². The molecule has 0 aliphatic carbocycles. The standard InChI is InChI=1S/C29H33N3O2/c1-21-18-22(2)20-24(19-21)34-17-9-16-32-27-13-7-6-12-26(27)31-28(32)14-8-15-30-29(33)25-11-5-4-10-23(25)3/h4-7,10-13,18-20H,8-9,14-17H2,1-3H3,(H,30,33). The molecule has 4 aromatic rings. The number of para-hydroxylation sites is 2. The molecule has 0 unspecified atom stereocenters. The van der Waals surface area contributed by atoms with Crippen molar-refractivity contribution in [3.63, 3.8) is 0 Å². The number of nitrogens with one attached hydrogen (secondary N) is 1. The van der Waals surface area contributed by atoms with Crippen molar-refractivity contribution in [1.29, 1.82) is 0 Å². The lowest BCUT2D eigenvalue weighted by Gasteiger charge is -2.12. The van der Waals surface area contributed by atoms with Gasteiger partial charge in [0.15, 0.2) is 0 Å². The first kappa shape index (κ1) is 23.6. The number of amides is 1. The van der Waals surface area contributed by atoms with Crippen molar-refractivity contribution in [1.82, 2.24) is 14.9 Å². The predicted molar refractivity (Wildman–Crippen MR) is 138 cm³/mol. The van der Waals surface area contributed by atoms with E-state index in [1.807, 2.05) is 37.3 Å². The summed E-state index contributed by atoms with van der Waals surface area (Å²) in [6.07, 6.45) is 2.53. The van der Waals surface area contributed by atoms with Gasteiger partial charge in [0.25, 0.3) is 5.91 Å². The van der Waals surface area contributed by atoms with Crippen LogP contribution < -0.4 is 10.1 Å². The summed E-state index contributed by atoms with van der Waals surface area (Å²) in [4.78, 5) is 17.3. The Balaban J connectivity index is 1.34. The van der Waals surface area contributed by atoms with Crippen LogP contribution in [0.3, 0.4) is 0 Å². The first-order valence-corrected chi connectivity index (χ1v) is 12.0. The minimum absolute atomic E-state index is 0.0184. The van der Waals surface area contributed by atoms with E-state index in [1.165, 1.54) is 11.1 Å². The van der Waals surface area contributed by atoms with E-state index >= 15 is 0 Å². The van der Waals surface area contributed by atoms with Gasteiger partial charge in [-0.1, -0.05) is 36.4 Å². The maximum absolute atomic E-state index is 12.5. The van der Waals surface area contributed by atoms with Crippen LogP contribution in [0.5, 0.6) is 5.75 Å². The molecule has 0 saturated heterocycles. The number of rotatable bonds is 10. The second-order valence-corrected chi connectivity index (χ2v) is 8.87. The van der Waals surface area contributed by atoms with Gasteiger partial charge in [-0.05, 0) is 80.6 Å². The van der Waals surface area contributed by atoms with Crippen LogP contribution in [0.2, 0.25) is 0 Å². The van der Waals surface area contributed by atoms with E-state index < -0.39 is 0 Å². The van der Waals surface area contributed by atoms with Crippen LogP contribution in [0.1, 0.15) is 45.7 Å². The van der Waals surface area contributed by atoms with E-state index in [1.54, 1.807) is 0 Å². The molecule has 0 atom stereocenters. The Morgan fingerprint density at radius 3 is 2.47 bits per heavy atom. The monoisotopic (exact) mass is 455 g/mol. The van der Waals surface area contributed by atoms with Crippen LogP contribution in [0, 0.1) is 20.8 Å². The Labute approximate surface area is 201 Å². The van der Waals surface area contributed by atoms with Gasteiger partial charge in [0.1, 0.15) is 11.6 Å². The fourth-order valence-electron chi connectivity index (χ4n) is 4.37. The van der Waals surface area contributed by atoms with Gasteiger partial charge in [0.2, 0.25) is 0 Å². The van der Waals surface area contributed by atoms with Crippen molar-refractivity contribution < 1.29 is 9.53 Å². The molecule has 0 spiro atoms. The molecule has 0 aliphatic rings. The lowest BCUT2D eigenvalue weighted by atomic mass is 10.1. The van der Waals surface area contributed by atoms with Gasteiger partial charge < -0.3 is 14.6 Å². The number of carbonyl (C=O) groups excluding carboxylic acids is 1. The molecule has 5 nitrogen and oxygen atoms in total. The number of nitrogens with zero attached hydrogens (tertiary/aromatic N) is 2. The van der Waals surface area contributed by atoms with Crippen LogP contribution >= 0.6 is 0 Å². The minimum Gasteiger partial charge on any atom is -0.494 e. The Hall–Kier alpha value is -3.60. The number of carbonyl (C=O) groups is 1. The van der Waals surface area contributed by atoms with Crippen molar-refractivity contribution >= 4 is 16.9 Å². The molecule has 5 heteroatoms. The normalized spacial score (nSPS) is 11.0. The summed E-state index contributed by atoms with van der Waals surface area (Å²) in [6, 6.07) is 22.2. The molecule has 4 rings (SSSR count). The fraction of sp³-hybridized carbons (Fsp3) is 0.310. The summed E-state index contributed by atoms with van der Waals surface area (Å²) in [6.45, 7) is 8.26. The molecule has 1 N–H and O–H groups in total. The quantitative estimate of drug-likeness (QED) is 0.308.